The van der Waals surface area contributed by atoms with E-state index in [1.807, 2.05) is 14.0 Å². The van der Waals surface area contributed by atoms with Crippen LogP contribution in [-0.2, 0) is 0 Å². The van der Waals surface area contributed by atoms with Crippen LogP contribution in [0.2, 0.25) is 5.28 Å². The quantitative estimate of drug-likeness (QED) is 0.728. The van der Waals surface area contributed by atoms with Crippen LogP contribution in [0.5, 0.6) is 0 Å². The van der Waals surface area contributed by atoms with Crippen LogP contribution >= 0.6 is 11.6 Å². The van der Waals surface area contributed by atoms with Crippen molar-refractivity contribution in [2.24, 2.45) is 5.41 Å². The molecule has 1 heterocycles. The predicted molar refractivity (Wildman–Crippen MR) is 64.5 cm³/mol. The second kappa shape index (κ2) is 4.35. The van der Waals surface area contributed by atoms with Crippen LogP contribution in [0.3, 0.4) is 0 Å². The minimum Gasteiger partial charge on any atom is -0.359 e. The maximum Gasteiger partial charge on any atom is 0.224 e. The van der Waals surface area contributed by atoms with Crippen molar-refractivity contribution in [2.75, 3.05) is 18.5 Å². The van der Waals surface area contributed by atoms with Gasteiger partial charge in [-0.1, -0.05) is 20.8 Å². The third-order valence-corrected chi connectivity index (χ3v) is 2.17. The number of rotatable bonds is 2. The molecule has 0 unspecified atom stereocenters. The van der Waals surface area contributed by atoms with E-state index in [9.17, 15) is 0 Å². The van der Waals surface area contributed by atoms with E-state index in [1.54, 1.807) is 6.20 Å². The molecule has 3 nitrogen and oxygen atoms in total. The summed E-state index contributed by atoms with van der Waals surface area (Å²) in [6.07, 6.45) is 1.75. The van der Waals surface area contributed by atoms with Gasteiger partial charge >= 0.3 is 0 Å². The van der Waals surface area contributed by atoms with Gasteiger partial charge in [-0.3, -0.25) is 0 Å². The van der Waals surface area contributed by atoms with E-state index in [0.717, 1.165) is 17.9 Å². The lowest BCUT2D eigenvalue weighted by Crippen LogP contribution is -2.30. The Morgan fingerprint density at radius 1 is 1.40 bits per heavy atom. The maximum absolute atomic E-state index is 5.78. The SMILES string of the molecule is Cc1cnc(Cl)nc1N(C)CC(C)(C)C. The van der Waals surface area contributed by atoms with Gasteiger partial charge in [0.25, 0.3) is 0 Å². The highest BCUT2D eigenvalue weighted by molar-refractivity contribution is 6.28. The minimum absolute atomic E-state index is 0.235. The van der Waals surface area contributed by atoms with Crippen molar-refractivity contribution in [2.45, 2.75) is 27.7 Å². The Balaban J connectivity index is 2.90. The Hall–Kier alpha value is -0.830. The van der Waals surface area contributed by atoms with Crippen molar-refractivity contribution in [3.05, 3.63) is 17.0 Å². The van der Waals surface area contributed by atoms with Gasteiger partial charge in [-0.05, 0) is 23.9 Å². The molecule has 15 heavy (non-hydrogen) atoms. The average molecular weight is 228 g/mol. The van der Waals surface area contributed by atoms with Crippen molar-refractivity contribution < 1.29 is 0 Å². The zero-order valence-corrected chi connectivity index (χ0v) is 10.8. The van der Waals surface area contributed by atoms with Crippen LogP contribution in [0, 0.1) is 12.3 Å². The van der Waals surface area contributed by atoms with Gasteiger partial charge in [-0.2, -0.15) is 0 Å². The predicted octanol–water partition coefficient (Wildman–Crippen LogP) is 2.92. The molecule has 0 aliphatic rings. The first-order valence-corrected chi connectivity index (χ1v) is 5.38. The van der Waals surface area contributed by atoms with Gasteiger partial charge in [0.05, 0.1) is 0 Å². The maximum atomic E-state index is 5.78. The lowest BCUT2D eigenvalue weighted by atomic mass is 9.96. The molecule has 0 spiro atoms. The van der Waals surface area contributed by atoms with E-state index in [2.05, 4.69) is 35.6 Å². The molecule has 1 aromatic heterocycles. The van der Waals surface area contributed by atoms with Gasteiger partial charge in [0.15, 0.2) is 0 Å². The molecular weight excluding hydrogens is 210 g/mol. The van der Waals surface area contributed by atoms with Crippen molar-refractivity contribution in [3.63, 3.8) is 0 Å². The number of aromatic nitrogens is 2. The summed E-state index contributed by atoms with van der Waals surface area (Å²) in [6, 6.07) is 0. The Morgan fingerprint density at radius 3 is 2.53 bits per heavy atom. The second-order valence-electron chi connectivity index (χ2n) is 5.06. The molecule has 0 saturated heterocycles. The summed E-state index contributed by atoms with van der Waals surface area (Å²) in [7, 11) is 2.02. The monoisotopic (exact) mass is 227 g/mol. The summed E-state index contributed by atoms with van der Waals surface area (Å²) in [5, 5.41) is 0.302. The summed E-state index contributed by atoms with van der Waals surface area (Å²) in [5.74, 6) is 0.907. The first-order chi connectivity index (χ1) is 6.79. The third kappa shape index (κ3) is 3.67. The minimum atomic E-state index is 0.235. The van der Waals surface area contributed by atoms with Gasteiger partial charge in [0.1, 0.15) is 5.82 Å². The summed E-state index contributed by atoms with van der Waals surface area (Å²) >= 11 is 5.78. The molecular formula is C11H18ClN3. The fourth-order valence-corrected chi connectivity index (χ4v) is 1.71. The Bertz CT molecular complexity index is 344. The zero-order valence-electron chi connectivity index (χ0n) is 10.0. The van der Waals surface area contributed by atoms with Crippen molar-refractivity contribution >= 4 is 17.4 Å². The number of hydrogen-bond donors (Lipinski definition) is 0. The molecule has 0 aliphatic carbocycles. The third-order valence-electron chi connectivity index (χ3n) is 1.99. The number of anilines is 1. The van der Waals surface area contributed by atoms with Gasteiger partial charge in [0.2, 0.25) is 5.28 Å². The fraction of sp³-hybridized carbons (Fsp3) is 0.636. The van der Waals surface area contributed by atoms with Crippen molar-refractivity contribution in [1.82, 2.24) is 9.97 Å². The molecule has 0 radical (unpaired) electrons. The zero-order chi connectivity index (χ0) is 11.6. The van der Waals surface area contributed by atoms with Crippen LogP contribution < -0.4 is 4.90 Å². The molecule has 1 aromatic rings. The van der Waals surface area contributed by atoms with Gasteiger partial charge < -0.3 is 4.90 Å². The van der Waals surface area contributed by atoms with E-state index in [0.29, 0.717) is 5.28 Å². The topological polar surface area (TPSA) is 29.0 Å². The van der Waals surface area contributed by atoms with E-state index in [1.165, 1.54) is 0 Å². The van der Waals surface area contributed by atoms with Gasteiger partial charge in [-0.25, -0.2) is 9.97 Å². The highest BCUT2D eigenvalue weighted by Gasteiger charge is 2.16. The molecule has 1 rings (SSSR count). The first-order valence-electron chi connectivity index (χ1n) is 5.00. The molecule has 0 saturated carbocycles. The van der Waals surface area contributed by atoms with Gasteiger partial charge in [-0.15, -0.1) is 0 Å². The Kier molecular flexibility index (Phi) is 3.55. The first kappa shape index (κ1) is 12.2. The summed E-state index contributed by atoms with van der Waals surface area (Å²) in [6.45, 7) is 9.51. The normalized spacial score (nSPS) is 11.6. The summed E-state index contributed by atoms with van der Waals surface area (Å²) in [4.78, 5) is 10.3. The molecule has 0 bridgehead atoms. The van der Waals surface area contributed by atoms with Gasteiger partial charge in [0, 0.05) is 25.4 Å². The molecule has 4 heteroatoms. The van der Waals surface area contributed by atoms with Crippen LogP contribution in [0.1, 0.15) is 26.3 Å². The van der Waals surface area contributed by atoms with E-state index < -0.39 is 0 Å². The van der Waals surface area contributed by atoms with Crippen molar-refractivity contribution in [1.29, 1.82) is 0 Å². The standard InChI is InChI=1S/C11H18ClN3/c1-8-6-13-10(12)14-9(8)15(5)7-11(2,3)4/h6H,7H2,1-5H3. The van der Waals surface area contributed by atoms with E-state index >= 15 is 0 Å². The molecule has 0 N–H and O–H groups in total. The molecule has 0 fully saturated rings. The molecule has 0 aliphatic heterocycles. The smallest absolute Gasteiger partial charge is 0.224 e. The molecule has 0 atom stereocenters. The number of nitrogens with zero attached hydrogens (tertiary/aromatic N) is 3. The largest absolute Gasteiger partial charge is 0.359 e. The molecule has 0 amide bonds. The van der Waals surface area contributed by atoms with Crippen LogP contribution in [0.15, 0.2) is 6.20 Å². The van der Waals surface area contributed by atoms with Crippen LogP contribution in [-0.4, -0.2) is 23.6 Å². The lowest BCUT2D eigenvalue weighted by Gasteiger charge is -2.28. The van der Waals surface area contributed by atoms with Crippen LogP contribution in [0.4, 0.5) is 5.82 Å². The highest BCUT2D eigenvalue weighted by Crippen LogP contribution is 2.21. The summed E-state index contributed by atoms with van der Waals surface area (Å²) < 4.78 is 0. The van der Waals surface area contributed by atoms with E-state index in [-0.39, 0.29) is 5.41 Å². The number of aryl methyl sites for hydroxylation is 1. The Labute approximate surface area is 96.5 Å². The fourth-order valence-electron chi connectivity index (χ4n) is 1.59. The summed E-state index contributed by atoms with van der Waals surface area (Å²) in [5.41, 5.74) is 1.28. The highest BCUT2D eigenvalue weighted by atomic mass is 35.5. The number of hydrogen-bond acceptors (Lipinski definition) is 3. The molecule has 84 valence electrons. The Morgan fingerprint density at radius 2 is 2.00 bits per heavy atom. The van der Waals surface area contributed by atoms with Crippen molar-refractivity contribution in [3.8, 4) is 0 Å². The average Bonchev–Trinajstić information content (AvgIpc) is 2.06. The number of halogens is 1. The second-order valence-corrected chi connectivity index (χ2v) is 5.40. The lowest BCUT2D eigenvalue weighted by molar-refractivity contribution is 0.417. The molecule has 0 aromatic carbocycles. The van der Waals surface area contributed by atoms with Crippen LogP contribution in [0.25, 0.3) is 0 Å². The van der Waals surface area contributed by atoms with E-state index in [4.69, 9.17) is 11.6 Å².